The summed E-state index contributed by atoms with van der Waals surface area (Å²) >= 11 is 0. The first-order valence-corrected chi connectivity index (χ1v) is 8.13. The molecule has 7 nitrogen and oxygen atoms in total. The van der Waals surface area contributed by atoms with E-state index in [9.17, 15) is 14.7 Å². The van der Waals surface area contributed by atoms with E-state index in [4.69, 9.17) is 14.2 Å². The molecule has 2 aromatic carbocycles. The van der Waals surface area contributed by atoms with Crippen molar-refractivity contribution in [1.82, 2.24) is 5.32 Å². The predicted molar refractivity (Wildman–Crippen MR) is 99.5 cm³/mol. The molecule has 0 atom stereocenters. The molecule has 1 amide bonds. The first kappa shape index (κ1) is 19.8. The van der Waals surface area contributed by atoms with Crippen molar-refractivity contribution >= 4 is 18.0 Å². The molecule has 0 radical (unpaired) electrons. The number of carbonyl (C=O) groups excluding carboxylic acids is 2. The zero-order valence-corrected chi connectivity index (χ0v) is 15.1. The van der Waals surface area contributed by atoms with E-state index in [1.165, 1.54) is 25.3 Å². The van der Waals surface area contributed by atoms with Crippen molar-refractivity contribution in [3.8, 4) is 17.2 Å². The fourth-order valence-corrected chi connectivity index (χ4v) is 2.14. The van der Waals surface area contributed by atoms with E-state index >= 15 is 0 Å². The van der Waals surface area contributed by atoms with Crippen LogP contribution in [0.2, 0.25) is 0 Å². The number of methoxy groups -OCH3 is 2. The molecule has 0 aromatic heterocycles. The van der Waals surface area contributed by atoms with Crippen LogP contribution < -0.4 is 14.8 Å². The number of carbonyl (C=O) groups is 2. The Balaban J connectivity index is 1.76. The van der Waals surface area contributed by atoms with Gasteiger partial charge in [0, 0.05) is 12.6 Å². The van der Waals surface area contributed by atoms with Crippen LogP contribution in [0.3, 0.4) is 0 Å². The third-order valence-corrected chi connectivity index (χ3v) is 3.61. The average Bonchev–Trinajstić information content (AvgIpc) is 2.70. The first-order valence-electron chi connectivity index (χ1n) is 8.13. The second-order valence-electron chi connectivity index (χ2n) is 5.50. The summed E-state index contributed by atoms with van der Waals surface area (Å²) < 4.78 is 14.9. The van der Waals surface area contributed by atoms with Gasteiger partial charge in [-0.3, -0.25) is 4.79 Å². The number of phenols is 1. The molecule has 0 saturated heterocycles. The minimum Gasteiger partial charge on any atom is -0.504 e. The summed E-state index contributed by atoms with van der Waals surface area (Å²) in [6.07, 6.45) is 2.70. The van der Waals surface area contributed by atoms with E-state index in [1.54, 1.807) is 31.4 Å². The summed E-state index contributed by atoms with van der Waals surface area (Å²) in [6.45, 7) is -0.0538. The molecule has 0 spiro atoms. The van der Waals surface area contributed by atoms with Crippen molar-refractivity contribution in [2.75, 3.05) is 20.8 Å². The summed E-state index contributed by atoms with van der Waals surface area (Å²) in [5, 5.41) is 12.2. The number of nitrogens with one attached hydrogen (secondary N) is 1. The van der Waals surface area contributed by atoms with E-state index in [0.717, 1.165) is 11.3 Å². The van der Waals surface area contributed by atoms with Gasteiger partial charge in [0.1, 0.15) is 5.75 Å². The number of esters is 1. The molecule has 2 rings (SSSR count). The second-order valence-corrected chi connectivity index (χ2v) is 5.50. The van der Waals surface area contributed by atoms with Crippen LogP contribution in [0.1, 0.15) is 11.1 Å². The van der Waals surface area contributed by atoms with Crippen molar-refractivity contribution in [2.24, 2.45) is 0 Å². The Kier molecular flexibility index (Phi) is 7.25. The lowest BCUT2D eigenvalue weighted by Gasteiger charge is -2.06. The van der Waals surface area contributed by atoms with Crippen LogP contribution in [-0.2, 0) is 20.9 Å². The number of benzene rings is 2. The lowest BCUT2D eigenvalue weighted by atomic mass is 10.2. The van der Waals surface area contributed by atoms with E-state index < -0.39 is 11.9 Å². The van der Waals surface area contributed by atoms with Crippen molar-refractivity contribution < 1.29 is 28.9 Å². The fourth-order valence-electron chi connectivity index (χ4n) is 2.14. The Morgan fingerprint density at radius 2 is 1.81 bits per heavy atom. The van der Waals surface area contributed by atoms with Crippen LogP contribution in [-0.4, -0.2) is 37.8 Å². The average molecular weight is 371 g/mol. The summed E-state index contributed by atoms with van der Waals surface area (Å²) in [6, 6.07) is 11.9. The zero-order chi connectivity index (χ0) is 19.6. The Bertz CT molecular complexity index is 814. The van der Waals surface area contributed by atoms with E-state index in [0.29, 0.717) is 17.9 Å². The van der Waals surface area contributed by atoms with Gasteiger partial charge in [-0.1, -0.05) is 18.2 Å². The maximum Gasteiger partial charge on any atom is 0.331 e. The Morgan fingerprint density at radius 3 is 2.48 bits per heavy atom. The summed E-state index contributed by atoms with van der Waals surface area (Å²) in [5.74, 6) is -0.0215. The first-order chi connectivity index (χ1) is 13.0. The summed E-state index contributed by atoms with van der Waals surface area (Å²) in [7, 11) is 3.01. The molecule has 0 heterocycles. The standard InChI is InChI=1S/C20H21NO6/c1-25-16-7-3-15(4-8-16)12-21-19(23)13-27-20(24)10-6-14-5-9-17(22)18(11-14)26-2/h3-11,22H,12-13H2,1-2H3,(H,21,23)/b10-6+. The molecule has 2 aromatic rings. The molecule has 0 saturated carbocycles. The molecular formula is C20H21NO6. The number of rotatable bonds is 8. The predicted octanol–water partition coefficient (Wildman–Crippen LogP) is 2.28. The van der Waals surface area contributed by atoms with Crippen molar-refractivity contribution in [3.05, 3.63) is 59.7 Å². The molecule has 142 valence electrons. The van der Waals surface area contributed by atoms with Gasteiger partial charge in [0.2, 0.25) is 0 Å². The Hall–Kier alpha value is -3.48. The number of hydrogen-bond acceptors (Lipinski definition) is 6. The number of amides is 1. The lowest BCUT2D eigenvalue weighted by Crippen LogP contribution is -2.28. The van der Waals surface area contributed by atoms with E-state index in [1.807, 2.05) is 12.1 Å². The van der Waals surface area contributed by atoms with Crippen LogP contribution in [0.5, 0.6) is 17.2 Å². The van der Waals surface area contributed by atoms with Crippen LogP contribution in [0.15, 0.2) is 48.5 Å². The molecule has 0 aliphatic rings. The molecule has 0 aliphatic carbocycles. The highest BCUT2D eigenvalue weighted by atomic mass is 16.5. The highest BCUT2D eigenvalue weighted by molar-refractivity contribution is 5.89. The smallest absolute Gasteiger partial charge is 0.331 e. The van der Waals surface area contributed by atoms with Gasteiger partial charge < -0.3 is 24.6 Å². The lowest BCUT2D eigenvalue weighted by molar-refractivity contribution is -0.143. The highest BCUT2D eigenvalue weighted by Crippen LogP contribution is 2.26. The van der Waals surface area contributed by atoms with Crippen LogP contribution >= 0.6 is 0 Å². The highest BCUT2D eigenvalue weighted by Gasteiger charge is 2.06. The minimum absolute atomic E-state index is 0.00533. The van der Waals surface area contributed by atoms with Crippen LogP contribution in [0, 0.1) is 0 Å². The zero-order valence-electron chi connectivity index (χ0n) is 15.1. The maximum atomic E-state index is 11.8. The monoisotopic (exact) mass is 371 g/mol. The fraction of sp³-hybridized carbons (Fsp3) is 0.200. The van der Waals surface area contributed by atoms with E-state index in [-0.39, 0.29) is 12.4 Å². The van der Waals surface area contributed by atoms with Gasteiger partial charge in [-0.05, 0) is 41.5 Å². The van der Waals surface area contributed by atoms with Crippen molar-refractivity contribution in [2.45, 2.75) is 6.54 Å². The third kappa shape index (κ3) is 6.39. The number of phenolic OH excluding ortho intramolecular Hbond substituents is 1. The van der Waals surface area contributed by atoms with Gasteiger partial charge in [-0.2, -0.15) is 0 Å². The normalized spacial score (nSPS) is 10.4. The van der Waals surface area contributed by atoms with Gasteiger partial charge in [0.05, 0.1) is 14.2 Å². The molecule has 27 heavy (non-hydrogen) atoms. The van der Waals surface area contributed by atoms with Crippen LogP contribution in [0.25, 0.3) is 6.08 Å². The van der Waals surface area contributed by atoms with Gasteiger partial charge >= 0.3 is 5.97 Å². The van der Waals surface area contributed by atoms with Gasteiger partial charge in [0.25, 0.3) is 5.91 Å². The van der Waals surface area contributed by atoms with Crippen molar-refractivity contribution in [3.63, 3.8) is 0 Å². The topological polar surface area (TPSA) is 94.1 Å². The number of aromatic hydroxyl groups is 1. The number of ether oxygens (including phenoxy) is 3. The molecule has 0 unspecified atom stereocenters. The molecule has 0 bridgehead atoms. The van der Waals surface area contributed by atoms with Gasteiger partial charge in [-0.15, -0.1) is 0 Å². The minimum atomic E-state index is -0.651. The van der Waals surface area contributed by atoms with Gasteiger partial charge in [0.15, 0.2) is 18.1 Å². The maximum absolute atomic E-state index is 11.8. The van der Waals surface area contributed by atoms with E-state index in [2.05, 4.69) is 5.32 Å². The third-order valence-electron chi connectivity index (χ3n) is 3.61. The molecule has 7 heteroatoms. The number of hydrogen-bond donors (Lipinski definition) is 2. The van der Waals surface area contributed by atoms with Gasteiger partial charge in [-0.25, -0.2) is 4.79 Å². The Morgan fingerprint density at radius 1 is 1.07 bits per heavy atom. The molecule has 0 aliphatic heterocycles. The van der Waals surface area contributed by atoms with Crippen molar-refractivity contribution in [1.29, 1.82) is 0 Å². The second kappa shape index (κ2) is 9.86. The molecule has 2 N–H and O–H groups in total. The SMILES string of the molecule is COc1ccc(CNC(=O)COC(=O)/C=C/c2ccc(O)c(OC)c2)cc1. The summed E-state index contributed by atoms with van der Waals surface area (Å²) in [5.41, 5.74) is 1.54. The summed E-state index contributed by atoms with van der Waals surface area (Å²) in [4.78, 5) is 23.5. The quantitative estimate of drug-likeness (QED) is 0.546. The molecule has 0 fully saturated rings. The Labute approximate surface area is 157 Å². The largest absolute Gasteiger partial charge is 0.504 e. The van der Waals surface area contributed by atoms with Crippen LogP contribution in [0.4, 0.5) is 0 Å². The molecular weight excluding hydrogens is 350 g/mol.